The molecule has 3 aromatic heterocycles. The number of fused-ring (bicyclic) bond motifs is 1. The van der Waals surface area contributed by atoms with Crippen LogP contribution in [-0.4, -0.2) is 20.9 Å². The number of carbonyl (C=O) groups is 1. The fraction of sp³-hybridized carbons (Fsp3) is 0. The van der Waals surface area contributed by atoms with Crippen molar-refractivity contribution in [2.75, 3.05) is 5.32 Å². The fourth-order valence-corrected chi connectivity index (χ4v) is 2.23. The second-order valence-electron chi connectivity index (χ2n) is 4.14. The molecule has 0 bridgehead atoms. The average molecular weight is 325 g/mol. The molecule has 3 heterocycles. The molecule has 2 N–H and O–H groups in total. The molecule has 1 amide bonds. The van der Waals surface area contributed by atoms with Gasteiger partial charge in [0, 0.05) is 12.4 Å². The van der Waals surface area contributed by atoms with Crippen LogP contribution in [0.4, 0.5) is 10.1 Å². The number of nitrogens with zero attached hydrogens (tertiary/aromatic N) is 2. The Hall–Kier alpha value is -2.18. The van der Waals surface area contributed by atoms with Gasteiger partial charge in [0.2, 0.25) is 0 Å². The summed E-state index contributed by atoms with van der Waals surface area (Å²) in [6, 6.07) is 3.09. The van der Waals surface area contributed by atoms with Crippen molar-refractivity contribution in [2.24, 2.45) is 0 Å². The predicted molar refractivity (Wildman–Crippen MR) is 78.3 cm³/mol. The van der Waals surface area contributed by atoms with Crippen molar-refractivity contribution in [3.05, 3.63) is 52.3 Å². The number of H-pyrrole nitrogens is 1. The molecule has 0 aliphatic rings. The lowest BCUT2D eigenvalue weighted by molar-refractivity contribution is 0.102. The van der Waals surface area contributed by atoms with E-state index in [0.717, 1.165) is 0 Å². The highest BCUT2D eigenvalue weighted by atomic mass is 35.5. The smallest absolute Gasteiger partial charge is 0.258 e. The Morgan fingerprint density at radius 2 is 2.14 bits per heavy atom. The Morgan fingerprint density at radius 3 is 2.90 bits per heavy atom. The summed E-state index contributed by atoms with van der Waals surface area (Å²) in [5, 5.41) is 2.60. The van der Waals surface area contributed by atoms with Crippen LogP contribution in [0.15, 0.2) is 30.7 Å². The molecule has 3 rings (SSSR count). The molecule has 0 fully saturated rings. The number of carbonyl (C=O) groups excluding carboxylic acids is 1. The number of rotatable bonds is 2. The van der Waals surface area contributed by atoms with E-state index in [9.17, 15) is 9.18 Å². The second-order valence-corrected chi connectivity index (χ2v) is 4.91. The minimum Gasteiger partial charge on any atom is -0.344 e. The molecule has 0 spiro atoms. The number of aromatic nitrogens is 3. The van der Waals surface area contributed by atoms with E-state index in [-0.39, 0.29) is 32.5 Å². The van der Waals surface area contributed by atoms with E-state index >= 15 is 0 Å². The minimum absolute atomic E-state index is 0.0615. The zero-order valence-electron chi connectivity index (χ0n) is 10.3. The standard InChI is InChI=1S/C13H7Cl2FN4O/c14-7-4-18-12-9(10(7)16)8(5-19-12)20-13(21)6-2-1-3-17-11(6)15/h1-5H,(H,18,19)(H,20,21). The molecule has 0 unspecified atom stereocenters. The van der Waals surface area contributed by atoms with E-state index in [1.165, 1.54) is 24.7 Å². The summed E-state index contributed by atoms with van der Waals surface area (Å²) in [7, 11) is 0. The Kier molecular flexibility index (Phi) is 3.48. The van der Waals surface area contributed by atoms with Crippen molar-refractivity contribution < 1.29 is 9.18 Å². The molecule has 0 saturated carbocycles. The number of amides is 1. The summed E-state index contributed by atoms with van der Waals surface area (Å²) in [5.41, 5.74) is 0.691. The third-order valence-corrected chi connectivity index (χ3v) is 3.41. The van der Waals surface area contributed by atoms with Gasteiger partial charge in [0.1, 0.15) is 10.8 Å². The molecule has 3 aromatic rings. The van der Waals surface area contributed by atoms with Crippen LogP contribution in [0.1, 0.15) is 10.4 Å². The predicted octanol–water partition coefficient (Wildman–Crippen LogP) is 3.66. The topological polar surface area (TPSA) is 70.7 Å². The number of halogens is 3. The van der Waals surface area contributed by atoms with Crippen molar-refractivity contribution in [2.45, 2.75) is 0 Å². The highest BCUT2D eigenvalue weighted by molar-refractivity contribution is 6.33. The van der Waals surface area contributed by atoms with Crippen LogP contribution < -0.4 is 5.32 Å². The van der Waals surface area contributed by atoms with Crippen molar-refractivity contribution in [3.8, 4) is 0 Å². The van der Waals surface area contributed by atoms with Crippen LogP contribution in [-0.2, 0) is 0 Å². The maximum Gasteiger partial charge on any atom is 0.258 e. The lowest BCUT2D eigenvalue weighted by atomic mass is 10.2. The molecule has 0 aliphatic carbocycles. The molecule has 0 saturated heterocycles. The molecule has 0 atom stereocenters. The van der Waals surface area contributed by atoms with Gasteiger partial charge in [0.15, 0.2) is 5.82 Å². The van der Waals surface area contributed by atoms with E-state index in [2.05, 4.69) is 20.3 Å². The van der Waals surface area contributed by atoms with Gasteiger partial charge >= 0.3 is 0 Å². The first kappa shape index (κ1) is 13.8. The molecule has 0 aromatic carbocycles. The van der Waals surface area contributed by atoms with Crippen molar-refractivity contribution >= 4 is 45.8 Å². The first-order valence-corrected chi connectivity index (χ1v) is 6.56. The fourth-order valence-electron chi connectivity index (χ4n) is 1.88. The number of anilines is 1. The van der Waals surface area contributed by atoms with E-state index in [0.29, 0.717) is 0 Å². The molecule has 21 heavy (non-hydrogen) atoms. The summed E-state index contributed by atoms with van der Waals surface area (Å²) in [5.74, 6) is -1.16. The van der Waals surface area contributed by atoms with Crippen molar-refractivity contribution in [3.63, 3.8) is 0 Å². The van der Waals surface area contributed by atoms with E-state index in [1.807, 2.05) is 0 Å². The lowest BCUT2D eigenvalue weighted by Gasteiger charge is -2.05. The second kappa shape index (κ2) is 5.31. The number of pyridine rings is 2. The van der Waals surface area contributed by atoms with E-state index in [4.69, 9.17) is 23.2 Å². The van der Waals surface area contributed by atoms with Crippen molar-refractivity contribution in [1.29, 1.82) is 0 Å². The molecule has 5 nitrogen and oxygen atoms in total. The number of nitrogens with one attached hydrogen (secondary N) is 2. The van der Waals surface area contributed by atoms with Gasteiger partial charge in [-0.15, -0.1) is 0 Å². The number of hydrogen-bond donors (Lipinski definition) is 2. The third kappa shape index (κ3) is 2.43. The van der Waals surface area contributed by atoms with Gasteiger partial charge in [-0.2, -0.15) is 0 Å². The highest BCUT2D eigenvalue weighted by Crippen LogP contribution is 2.29. The van der Waals surface area contributed by atoms with Crippen LogP contribution >= 0.6 is 23.2 Å². The Morgan fingerprint density at radius 1 is 1.33 bits per heavy atom. The molecule has 0 aliphatic heterocycles. The maximum atomic E-state index is 14.0. The van der Waals surface area contributed by atoms with E-state index < -0.39 is 11.7 Å². The van der Waals surface area contributed by atoms with Gasteiger partial charge < -0.3 is 10.3 Å². The van der Waals surface area contributed by atoms with Crippen LogP contribution in [0.2, 0.25) is 10.2 Å². The summed E-state index contributed by atoms with van der Waals surface area (Å²) < 4.78 is 14.0. The Bertz CT molecular complexity index is 849. The van der Waals surface area contributed by atoms with Gasteiger partial charge in [-0.3, -0.25) is 4.79 Å². The van der Waals surface area contributed by atoms with Gasteiger partial charge in [-0.25, -0.2) is 14.4 Å². The molecule has 8 heteroatoms. The molecular weight excluding hydrogens is 318 g/mol. The van der Waals surface area contributed by atoms with Crippen LogP contribution in [0, 0.1) is 5.82 Å². The molecule has 106 valence electrons. The van der Waals surface area contributed by atoms with Crippen LogP contribution in [0.3, 0.4) is 0 Å². The van der Waals surface area contributed by atoms with Crippen molar-refractivity contribution in [1.82, 2.24) is 15.0 Å². The summed E-state index contributed by atoms with van der Waals surface area (Å²) in [6.07, 6.45) is 4.09. The zero-order chi connectivity index (χ0) is 15.0. The van der Waals surface area contributed by atoms with Crippen LogP contribution in [0.25, 0.3) is 11.0 Å². The summed E-state index contributed by atoms with van der Waals surface area (Å²) in [4.78, 5) is 22.7. The number of aromatic amines is 1. The SMILES string of the molecule is O=C(Nc1c[nH]c2ncc(Cl)c(F)c12)c1cccnc1Cl. The average Bonchev–Trinajstić information content (AvgIpc) is 2.87. The first-order chi connectivity index (χ1) is 10.1. The highest BCUT2D eigenvalue weighted by Gasteiger charge is 2.17. The summed E-state index contributed by atoms with van der Waals surface area (Å²) in [6.45, 7) is 0. The maximum absolute atomic E-state index is 14.0. The molecular formula is C13H7Cl2FN4O. The Balaban J connectivity index is 2.01. The lowest BCUT2D eigenvalue weighted by Crippen LogP contribution is -2.12. The summed E-state index contributed by atoms with van der Waals surface area (Å²) >= 11 is 11.5. The van der Waals surface area contributed by atoms with E-state index in [1.54, 1.807) is 6.07 Å². The third-order valence-electron chi connectivity index (χ3n) is 2.85. The zero-order valence-corrected chi connectivity index (χ0v) is 11.8. The van der Waals surface area contributed by atoms with Gasteiger partial charge in [-0.05, 0) is 12.1 Å². The Labute approximate surface area is 128 Å². The minimum atomic E-state index is -0.657. The first-order valence-electron chi connectivity index (χ1n) is 5.81. The monoisotopic (exact) mass is 324 g/mol. The van der Waals surface area contributed by atoms with Crippen LogP contribution in [0.5, 0.6) is 0 Å². The largest absolute Gasteiger partial charge is 0.344 e. The molecule has 0 radical (unpaired) electrons. The van der Waals surface area contributed by atoms with Gasteiger partial charge in [0.05, 0.1) is 27.9 Å². The number of hydrogen-bond acceptors (Lipinski definition) is 3. The quantitative estimate of drug-likeness (QED) is 0.707. The van der Waals surface area contributed by atoms with Gasteiger partial charge in [-0.1, -0.05) is 23.2 Å². The normalized spacial score (nSPS) is 10.8. The van der Waals surface area contributed by atoms with Gasteiger partial charge in [0.25, 0.3) is 5.91 Å².